The van der Waals surface area contributed by atoms with Crippen LogP contribution in [0, 0.1) is 4.77 Å². The van der Waals surface area contributed by atoms with E-state index in [0.717, 1.165) is 49.7 Å². The van der Waals surface area contributed by atoms with Crippen LogP contribution in [0.25, 0.3) is 0 Å². The molecule has 1 aliphatic heterocycles. The summed E-state index contributed by atoms with van der Waals surface area (Å²) in [6, 6.07) is 0.522. The third-order valence-corrected chi connectivity index (χ3v) is 4.13. The van der Waals surface area contributed by atoms with E-state index in [1.165, 1.54) is 6.42 Å². The van der Waals surface area contributed by atoms with Crippen molar-refractivity contribution in [3.05, 3.63) is 4.77 Å². The minimum atomic E-state index is 0.522. The third-order valence-electron chi connectivity index (χ3n) is 3.82. The van der Waals surface area contributed by atoms with Gasteiger partial charge in [0.2, 0.25) is 5.95 Å². The molecule has 0 bridgehead atoms. The number of hydrogen-bond acceptors (Lipinski definition) is 4. The Kier molecular flexibility index (Phi) is 4.99. The maximum absolute atomic E-state index is 5.35. The van der Waals surface area contributed by atoms with Gasteiger partial charge in [0.05, 0.1) is 0 Å². The number of likely N-dealkylation sites (N-methyl/N-ethyl adjacent to an activating group) is 1. The Balaban J connectivity index is 2.29. The Bertz CT molecular complexity index is 452. The summed E-state index contributed by atoms with van der Waals surface area (Å²) >= 11 is 5.35. The normalized spacial score (nSPS) is 21.6. The van der Waals surface area contributed by atoms with Crippen molar-refractivity contribution in [2.75, 3.05) is 31.6 Å². The monoisotopic (exact) mass is 283 g/mol. The van der Waals surface area contributed by atoms with E-state index in [1.54, 1.807) is 0 Å². The second-order valence-electron chi connectivity index (χ2n) is 5.35. The van der Waals surface area contributed by atoms with Crippen molar-refractivity contribution in [3.63, 3.8) is 0 Å². The first kappa shape index (κ1) is 14.5. The van der Waals surface area contributed by atoms with Crippen molar-refractivity contribution in [2.45, 2.75) is 45.7 Å². The van der Waals surface area contributed by atoms with Crippen molar-refractivity contribution in [1.82, 2.24) is 19.7 Å². The van der Waals surface area contributed by atoms with Crippen LogP contribution in [0.4, 0.5) is 5.95 Å². The molecule has 1 N–H and O–H groups in total. The smallest absolute Gasteiger partial charge is 0.226 e. The number of rotatable bonds is 4. The Morgan fingerprint density at radius 2 is 2.16 bits per heavy atom. The van der Waals surface area contributed by atoms with Gasteiger partial charge in [-0.15, -0.1) is 5.10 Å². The third kappa shape index (κ3) is 3.17. The van der Waals surface area contributed by atoms with E-state index in [2.05, 4.69) is 45.5 Å². The van der Waals surface area contributed by atoms with Crippen LogP contribution in [-0.4, -0.2) is 52.4 Å². The van der Waals surface area contributed by atoms with Gasteiger partial charge in [0.15, 0.2) is 4.77 Å². The predicted molar refractivity (Wildman–Crippen MR) is 81.2 cm³/mol. The molecule has 1 aromatic rings. The van der Waals surface area contributed by atoms with Gasteiger partial charge < -0.3 is 9.80 Å². The number of anilines is 1. The summed E-state index contributed by atoms with van der Waals surface area (Å²) < 4.78 is 2.88. The molecule has 0 amide bonds. The van der Waals surface area contributed by atoms with E-state index in [9.17, 15) is 0 Å². The van der Waals surface area contributed by atoms with E-state index in [0.29, 0.717) is 6.04 Å². The first-order valence-corrected chi connectivity index (χ1v) is 7.68. The average molecular weight is 283 g/mol. The molecule has 108 valence electrons. The fourth-order valence-corrected chi connectivity index (χ4v) is 3.03. The maximum Gasteiger partial charge on any atom is 0.226 e. The summed E-state index contributed by atoms with van der Waals surface area (Å²) in [5.41, 5.74) is 0. The molecule has 2 heterocycles. The van der Waals surface area contributed by atoms with Crippen LogP contribution in [0.15, 0.2) is 0 Å². The first-order chi connectivity index (χ1) is 9.17. The number of nitrogens with zero attached hydrogens (tertiary/aromatic N) is 4. The standard InChI is InChI=1S/C13H25N5S/c1-4-7-18-12(14-15-13(18)19)17-9-6-8-16(3)10-11(17)5-2/h11H,4-10H2,1-3H3,(H,15,19). The van der Waals surface area contributed by atoms with Crippen molar-refractivity contribution in [3.8, 4) is 0 Å². The molecule has 1 aromatic heterocycles. The van der Waals surface area contributed by atoms with Gasteiger partial charge in [0.1, 0.15) is 0 Å². The van der Waals surface area contributed by atoms with Crippen molar-refractivity contribution < 1.29 is 0 Å². The van der Waals surface area contributed by atoms with Crippen LogP contribution in [0.5, 0.6) is 0 Å². The fourth-order valence-electron chi connectivity index (χ4n) is 2.81. The van der Waals surface area contributed by atoms with Gasteiger partial charge in [-0.2, -0.15) is 0 Å². The predicted octanol–water partition coefficient (Wildman–Crippen LogP) is 2.27. The van der Waals surface area contributed by atoms with E-state index in [-0.39, 0.29) is 0 Å². The second-order valence-corrected chi connectivity index (χ2v) is 5.74. The molecule has 1 saturated heterocycles. The molecular formula is C13H25N5S. The lowest BCUT2D eigenvalue weighted by Crippen LogP contribution is -2.41. The first-order valence-electron chi connectivity index (χ1n) is 7.27. The van der Waals surface area contributed by atoms with Gasteiger partial charge in [-0.05, 0) is 45.1 Å². The molecule has 1 unspecified atom stereocenters. The largest absolute Gasteiger partial charge is 0.337 e. The van der Waals surface area contributed by atoms with Gasteiger partial charge in [0.25, 0.3) is 0 Å². The second kappa shape index (κ2) is 6.52. The molecule has 0 aromatic carbocycles. The van der Waals surface area contributed by atoms with Crippen LogP contribution in [0.2, 0.25) is 0 Å². The topological polar surface area (TPSA) is 40.1 Å². The van der Waals surface area contributed by atoms with E-state index < -0.39 is 0 Å². The molecule has 5 nitrogen and oxygen atoms in total. The highest BCUT2D eigenvalue weighted by Crippen LogP contribution is 2.20. The van der Waals surface area contributed by atoms with E-state index in [1.807, 2.05) is 0 Å². The van der Waals surface area contributed by atoms with Crippen molar-refractivity contribution >= 4 is 18.2 Å². The lowest BCUT2D eigenvalue weighted by Gasteiger charge is -2.31. The summed E-state index contributed by atoms with van der Waals surface area (Å²) in [4.78, 5) is 4.85. The minimum Gasteiger partial charge on any atom is -0.337 e. The molecule has 1 fully saturated rings. The molecule has 1 atom stereocenters. The van der Waals surface area contributed by atoms with Crippen LogP contribution >= 0.6 is 12.2 Å². The van der Waals surface area contributed by atoms with Crippen LogP contribution in [0.3, 0.4) is 0 Å². The van der Waals surface area contributed by atoms with Gasteiger partial charge in [-0.25, -0.2) is 5.10 Å². The fraction of sp³-hybridized carbons (Fsp3) is 0.846. The SMILES string of the molecule is CCCn1c(N2CCCN(C)CC2CC)n[nH]c1=S. The van der Waals surface area contributed by atoms with Gasteiger partial charge >= 0.3 is 0 Å². The van der Waals surface area contributed by atoms with Crippen LogP contribution < -0.4 is 4.90 Å². The van der Waals surface area contributed by atoms with Gasteiger partial charge in [0, 0.05) is 25.7 Å². The molecule has 0 aliphatic carbocycles. The van der Waals surface area contributed by atoms with Crippen LogP contribution in [0.1, 0.15) is 33.1 Å². The zero-order valence-electron chi connectivity index (χ0n) is 12.2. The molecule has 19 heavy (non-hydrogen) atoms. The molecule has 6 heteroatoms. The van der Waals surface area contributed by atoms with Crippen LogP contribution in [-0.2, 0) is 6.54 Å². The van der Waals surface area contributed by atoms with E-state index >= 15 is 0 Å². The maximum atomic E-state index is 5.35. The van der Waals surface area contributed by atoms with Gasteiger partial charge in [-0.3, -0.25) is 4.57 Å². The zero-order chi connectivity index (χ0) is 13.8. The lowest BCUT2D eigenvalue weighted by molar-refractivity contribution is 0.327. The summed E-state index contributed by atoms with van der Waals surface area (Å²) in [7, 11) is 2.20. The number of hydrogen-bond donors (Lipinski definition) is 1. The number of H-pyrrole nitrogens is 1. The highest BCUT2D eigenvalue weighted by molar-refractivity contribution is 7.71. The molecule has 0 saturated carbocycles. The average Bonchev–Trinajstić information content (AvgIpc) is 2.64. The highest BCUT2D eigenvalue weighted by Gasteiger charge is 2.25. The Morgan fingerprint density at radius 1 is 1.37 bits per heavy atom. The molecule has 1 aliphatic rings. The molecule has 0 radical (unpaired) electrons. The number of nitrogens with one attached hydrogen (secondary N) is 1. The summed E-state index contributed by atoms with van der Waals surface area (Å²) in [6.45, 7) is 8.68. The van der Waals surface area contributed by atoms with Crippen molar-refractivity contribution in [1.29, 1.82) is 0 Å². The quantitative estimate of drug-likeness (QED) is 0.861. The zero-order valence-corrected chi connectivity index (χ0v) is 13.0. The Hall–Kier alpha value is -0.880. The lowest BCUT2D eigenvalue weighted by atomic mass is 10.2. The van der Waals surface area contributed by atoms with Gasteiger partial charge in [-0.1, -0.05) is 13.8 Å². The number of aromatic nitrogens is 3. The Morgan fingerprint density at radius 3 is 2.84 bits per heavy atom. The minimum absolute atomic E-state index is 0.522. The summed E-state index contributed by atoms with van der Waals surface area (Å²) in [6.07, 6.45) is 3.39. The number of aromatic amines is 1. The molecule has 0 spiro atoms. The highest BCUT2D eigenvalue weighted by atomic mass is 32.1. The molecular weight excluding hydrogens is 258 g/mol. The summed E-state index contributed by atoms with van der Waals surface area (Å²) in [5, 5.41) is 7.43. The summed E-state index contributed by atoms with van der Waals surface area (Å²) in [5.74, 6) is 1.02. The van der Waals surface area contributed by atoms with Crippen molar-refractivity contribution in [2.24, 2.45) is 0 Å². The Labute approximate surface area is 120 Å². The molecule has 2 rings (SSSR count). The van der Waals surface area contributed by atoms with E-state index in [4.69, 9.17) is 12.2 Å².